The molecule has 0 fully saturated rings. The fourth-order valence-electron chi connectivity index (χ4n) is 0.522. The van der Waals surface area contributed by atoms with E-state index in [9.17, 15) is 5.02 Å². The van der Waals surface area contributed by atoms with Crippen molar-refractivity contribution in [1.29, 1.82) is 0 Å². The van der Waals surface area contributed by atoms with Crippen molar-refractivity contribution in [2.24, 2.45) is 0 Å². The molecule has 0 saturated carbocycles. The van der Waals surface area contributed by atoms with E-state index in [4.69, 9.17) is 5.02 Å². The van der Waals surface area contributed by atoms with Crippen molar-refractivity contribution >= 4 is 12.7 Å². The van der Waals surface area contributed by atoms with Crippen molar-refractivity contribution < 1.29 is 28.9 Å². The van der Waals surface area contributed by atoms with Crippen LogP contribution in [-0.2, 0) is 0 Å². The second-order valence-corrected chi connectivity index (χ2v) is 1.61. The largest absolute Gasteiger partial charge is 1.00 e. The molecule has 0 aromatic carbocycles. The van der Waals surface area contributed by atoms with Gasteiger partial charge in [0.1, 0.15) is 0 Å². The summed E-state index contributed by atoms with van der Waals surface area (Å²) in [7, 11) is -1.70. The molecule has 0 atom stereocenters. The topological polar surface area (TPSA) is 56.2 Å². The predicted molar refractivity (Wildman–Crippen MR) is 31.8 cm³/mol. The van der Waals surface area contributed by atoms with Crippen LogP contribution in [0.2, 0.25) is 0 Å². The van der Waals surface area contributed by atoms with Crippen LogP contribution in [0, 0.1) is 0 Å². The van der Waals surface area contributed by atoms with E-state index in [1.54, 1.807) is 12.1 Å². The van der Waals surface area contributed by atoms with Crippen LogP contribution in [0.5, 0.6) is 0 Å². The molecule has 0 spiro atoms. The summed E-state index contributed by atoms with van der Waals surface area (Å²) >= 11 is 0. The first-order chi connectivity index (χ1) is 4.30. The van der Waals surface area contributed by atoms with Gasteiger partial charge in [-0.15, -0.1) is 0 Å². The van der Waals surface area contributed by atoms with Gasteiger partial charge in [0.15, 0.2) is 0 Å². The average Bonchev–Trinajstić information content (AvgIpc) is 1.90. The average molecular weight is 129 g/mol. The number of hydrogen-bond acceptors (Lipinski definition) is 3. The molecule has 0 radical (unpaired) electrons. The maximum atomic E-state index is 10.2. The predicted octanol–water partition coefficient (Wildman–Crippen LogP) is -4.87. The Kier molecular flexibility index (Phi) is 4.41. The minimum Gasteiger partial charge on any atom is -0.852 e. The summed E-state index contributed by atoms with van der Waals surface area (Å²) < 4.78 is 0. The summed E-state index contributed by atoms with van der Waals surface area (Å²) in [6.45, 7) is 0. The third-order valence-electron chi connectivity index (χ3n) is 0.941. The number of pyridine rings is 1. The summed E-state index contributed by atoms with van der Waals surface area (Å²) in [4.78, 5) is 3.62. The molecule has 1 aromatic rings. The first-order valence-corrected chi connectivity index (χ1v) is 2.55. The fourth-order valence-corrected chi connectivity index (χ4v) is 0.522. The van der Waals surface area contributed by atoms with Crippen LogP contribution in [0.3, 0.4) is 0 Å². The van der Waals surface area contributed by atoms with Gasteiger partial charge in [0.05, 0.1) is 0 Å². The Labute approximate surface area is 71.4 Å². The van der Waals surface area contributed by atoms with Crippen molar-refractivity contribution in [3.63, 3.8) is 0 Å². The van der Waals surface area contributed by atoms with Crippen molar-refractivity contribution in [2.45, 2.75) is 0 Å². The van der Waals surface area contributed by atoms with Crippen LogP contribution in [-0.4, -0.2) is 17.1 Å². The fraction of sp³-hybridized carbons (Fsp3) is 0. The molecular weight excluding hydrogens is 124 g/mol. The standard InChI is InChI=1S/C5H5BNO2.Li/c8-6(9)5-3-1-2-4-7-5;/h1-4,8H;/q-1;+1. The molecule has 0 aliphatic carbocycles. The maximum Gasteiger partial charge on any atom is 1.00 e. The van der Waals surface area contributed by atoms with E-state index >= 15 is 0 Å². The smallest absolute Gasteiger partial charge is 0.852 e. The second-order valence-electron chi connectivity index (χ2n) is 1.61. The van der Waals surface area contributed by atoms with Gasteiger partial charge in [-0.25, -0.2) is 0 Å². The Bertz CT molecular complexity index is 182. The van der Waals surface area contributed by atoms with E-state index in [-0.39, 0.29) is 24.5 Å². The Morgan fingerprint density at radius 2 is 2.20 bits per heavy atom. The van der Waals surface area contributed by atoms with Gasteiger partial charge in [0.25, 0.3) is 0 Å². The van der Waals surface area contributed by atoms with Gasteiger partial charge in [0, 0.05) is 11.8 Å². The minimum atomic E-state index is -1.70. The van der Waals surface area contributed by atoms with Crippen molar-refractivity contribution in [3.05, 3.63) is 24.4 Å². The number of nitrogens with zero attached hydrogens (tertiary/aromatic N) is 1. The van der Waals surface area contributed by atoms with Gasteiger partial charge in [-0.1, -0.05) is 6.07 Å². The Morgan fingerprint density at radius 1 is 1.50 bits per heavy atom. The van der Waals surface area contributed by atoms with E-state index in [2.05, 4.69) is 4.98 Å². The summed E-state index contributed by atoms with van der Waals surface area (Å²) in [6.07, 6.45) is 1.47. The van der Waals surface area contributed by atoms with Gasteiger partial charge in [-0.05, 0) is 12.1 Å². The molecule has 0 amide bonds. The molecule has 0 bridgehead atoms. The first-order valence-electron chi connectivity index (χ1n) is 2.55. The summed E-state index contributed by atoms with van der Waals surface area (Å²) in [5, 5.41) is 18.6. The van der Waals surface area contributed by atoms with Crippen LogP contribution < -0.4 is 29.5 Å². The van der Waals surface area contributed by atoms with Crippen molar-refractivity contribution in [2.75, 3.05) is 0 Å². The van der Waals surface area contributed by atoms with Gasteiger partial charge < -0.3 is 10.0 Å². The number of aromatic nitrogens is 1. The van der Waals surface area contributed by atoms with Crippen molar-refractivity contribution in [1.82, 2.24) is 4.98 Å². The molecule has 10 heavy (non-hydrogen) atoms. The van der Waals surface area contributed by atoms with E-state index in [0.717, 1.165) is 0 Å². The molecule has 0 aliphatic heterocycles. The van der Waals surface area contributed by atoms with E-state index in [0.29, 0.717) is 0 Å². The van der Waals surface area contributed by atoms with E-state index < -0.39 is 7.12 Å². The van der Waals surface area contributed by atoms with Gasteiger partial charge >= 0.3 is 18.9 Å². The van der Waals surface area contributed by atoms with Crippen LogP contribution in [0.4, 0.5) is 0 Å². The zero-order chi connectivity index (χ0) is 6.69. The van der Waals surface area contributed by atoms with Gasteiger partial charge in [-0.2, -0.15) is 0 Å². The van der Waals surface area contributed by atoms with E-state index in [1.807, 2.05) is 0 Å². The monoisotopic (exact) mass is 129 g/mol. The molecule has 0 saturated heterocycles. The summed E-state index contributed by atoms with van der Waals surface area (Å²) in [5.41, 5.74) is 0.164. The normalized spacial score (nSPS) is 8.20. The van der Waals surface area contributed by atoms with Gasteiger partial charge in [-0.3, -0.25) is 4.98 Å². The van der Waals surface area contributed by atoms with Crippen LogP contribution in [0.25, 0.3) is 0 Å². The molecule has 1 rings (SSSR count). The zero-order valence-corrected chi connectivity index (χ0v) is 5.69. The van der Waals surface area contributed by atoms with Crippen molar-refractivity contribution in [3.8, 4) is 0 Å². The summed E-state index contributed by atoms with van der Waals surface area (Å²) in [5.74, 6) is 0. The quantitative estimate of drug-likeness (QED) is 0.386. The van der Waals surface area contributed by atoms with Gasteiger partial charge in [0.2, 0.25) is 7.12 Å². The molecule has 3 nitrogen and oxygen atoms in total. The molecule has 5 heteroatoms. The van der Waals surface area contributed by atoms with E-state index in [1.165, 1.54) is 12.3 Å². The molecule has 0 unspecified atom stereocenters. The Hall–Kier alpha value is -0.268. The third kappa shape index (κ3) is 2.55. The SMILES string of the molecule is [Li+].[O-]B(O)c1ccccn1. The molecular formula is C5H5BLiNO2. The third-order valence-corrected chi connectivity index (χ3v) is 0.941. The van der Waals surface area contributed by atoms with Crippen LogP contribution in [0.1, 0.15) is 0 Å². The molecule has 1 heterocycles. The molecule has 0 aliphatic rings. The zero-order valence-electron chi connectivity index (χ0n) is 5.69. The molecule has 1 aromatic heterocycles. The second kappa shape index (κ2) is 4.53. The summed E-state index contributed by atoms with van der Waals surface area (Å²) in [6, 6.07) is 4.83. The first kappa shape index (κ1) is 9.73. The van der Waals surface area contributed by atoms with Crippen LogP contribution >= 0.6 is 0 Å². The Morgan fingerprint density at radius 3 is 2.50 bits per heavy atom. The Balaban J connectivity index is 0.000000810. The minimum absolute atomic E-state index is 0. The number of rotatable bonds is 1. The van der Waals surface area contributed by atoms with Crippen LogP contribution in [0.15, 0.2) is 24.4 Å². The molecule has 46 valence electrons. The number of hydrogen-bond donors (Lipinski definition) is 1. The maximum absolute atomic E-state index is 10.2. The molecule has 1 N–H and O–H groups in total.